The monoisotopic (exact) mass is 412 g/mol. The van der Waals surface area contributed by atoms with E-state index in [9.17, 15) is 8.42 Å². The van der Waals surface area contributed by atoms with Gasteiger partial charge in [0, 0.05) is 37.9 Å². The lowest BCUT2D eigenvalue weighted by atomic mass is 10.2. The molecule has 0 bridgehead atoms. The average Bonchev–Trinajstić information content (AvgIpc) is 3.07. The van der Waals surface area contributed by atoms with Gasteiger partial charge in [0.15, 0.2) is 0 Å². The number of aryl methyl sites for hydroxylation is 2. The van der Waals surface area contributed by atoms with Crippen LogP contribution in [0.3, 0.4) is 0 Å². The lowest BCUT2D eigenvalue weighted by molar-refractivity contribution is 0.383. The van der Waals surface area contributed by atoms with Gasteiger partial charge in [-0.2, -0.15) is 4.31 Å². The first-order chi connectivity index (χ1) is 13.9. The fraction of sp³-hybridized carbons (Fsp3) is 0.350. The lowest BCUT2D eigenvalue weighted by Gasteiger charge is -2.34. The molecule has 0 N–H and O–H groups in total. The van der Waals surface area contributed by atoms with Gasteiger partial charge in [-0.05, 0) is 38.5 Å². The molecule has 3 heterocycles. The first-order valence-electron chi connectivity index (χ1n) is 9.51. The van der Waals surface area contributed by atoms with E-state index in [1.165, 1.54) is 6.33 Å². The summed E-state index contributed by atoms with van der Waals surface area (Å²) in [5.74, 6) is 1.54. The summed E-state index contributed by atoms with van der Waals surface area (Å²) in [5.41, 5.74) is 2.92. The Bertz CT molecular complexity index is 1130. The number of anilines is 1. The zero-order chi connectivity index (χ0) is 20.6. The summed E-state index contributed by atoms with van der Waals surface area (Å²) >= 11 is 0. The molecule has 0 radical (unpaired) electrons. The molecule has 8 nitrogen and oxygen atoms in total. The van der Waals surface area contributed by atoms with Gasteiger partial charge in [0.2, 0.25) is 10.0 Å². The van der Waals surface area contributed by atoms with Crippen LogP contribution in [0, 0.1) is 20.8 Å². The van der Waals surface area contributed by atoms with Gasteiger partial charge in [0.05, 0.1) is 10.6 Å². The number of rotatable bonds is 4. The summed E-state index contributed by atoms with van der Waals surface area (Å²) in [6.07, 6.45) is 3.29. The first kappa shape index (κ1) is 19.5. The molecule has 4 rings (SSSR count). The van der Waals surface area contributed by atoms with Gasteiger partial charge in [-0.25, -0.2) is 23.4 Å². The predicted molar refractivity (Wildman–Crippen MR) is 111 cm³/mol. The van der Waals surface area contributed by atoms with Crippen LogP contribution in [0.25, 0.3) is 5.82 Å². The van der Waals surface area contributed by atoms with E-state index in [1.807, 2.05) is 37.5 Å². The Morgan fingerprint density at radius 1 is 0.897 bits per heavy atom. The third-order valence-electron chi connectivity index (χ3n) is 5.33. The van der Waals surface area contributed by atoms with Crippen molar-refractivity contribution < 1.29 is 8.42 Å². The van der Waals surface area contributed by atoms with Crippen molar-refractivity contribution in [3.05, 3.63) is 59.9 Å². The van der Waals surface area contributed by atoms with Gasteiger partial charge in [-0.15, -0.1) is 0 Å². The summed E-state index contributed by atoms with van der Waals surface area (Å²) in [7, 11) is -3.48. The molecule has 0 atom stereocenters. The highest BCUT2D eigenvalue weighted by atomic mass is 32.2. The second-order valence-corrected chi connectivity index (χ2v) is 9.17. The van der Waals surface area contributed by atoms with Crippen LogP contribution in [0.4, 0.5) is 5.82 Å². The van der Waals surface area contributed by atoms with E-state index in [0.29, 0.717) is 31.1 Å². The molecular weight excluding hydrogens is 388 g/mol. The van der Waals surface area contributed by atoms with Crippen LogP contribution in [0.5, 0.6) is 0 Å². The van der Waals surface area contributed by atoms with E-state index in [0.717, 1.165) is 28.6 Å². The summed E-state index contributed by atoms with van der Waals surface area (Å²) in [5, 5.41) is 0. The zero-order valence-corrected chi connectivity index (χ0v) is 17.6. The molecule has 1 aromatic carbocycles. The van der Waals surface area contributed by atoms with E-state index in [1.54, 1.807) is 28.8 Å². The van der Waals surface area contributed by atoms with Crippen molar-refractivity contribution in [2.24, 2.45) is 0 Å². The Morgan fingerprint density at radius 2 is 1.62 bits per heavy atom. The summed E-state index contributed by atoms with van der Waals surface area (Å²) in [6, 6.07) is 8.96. The average molecular weight is 413 g/mol. The standard InChI is InChI=1S/C20H24N6O2S/c1-15-5-4-6-18(11-15)29(27,28)25-9-7-24(8-10-25)19-12-20(22-13-21-19)26-14-23-16(2)17(26)3/h4-6,11-14H,7-10H2,1-3H3. The van der Waals surface area contributed by atoms with Crippen LogP contribution in [0.2, 0.25) is 0 Å². The second kappa shape index (κ2) is 7.57. The van der Waals surface area contributed by atoms with E-state index in [4.69, 9.17) is 0 Å². The molecule has 29 heavy (non-hydrogen) atoms. The molecule has 3 aromatic rings. The van der Waals surface area contributed by atoms with Gasteiger partial charge in [-0.3, -0.25) is 4.57 Å². The van der Waals surface area contributed by atoms with Crippen LogP contribution in [0.15, 0.2) is 47.9 Å². The SMILES string of the molecule is Cc1cccc(S(=O)(=O)N2CCN(c3cc(-n4cnc(C)c4C)ncn3)CC2)c1. The number of hydrogen-bond acceptors (Lipinski definition) is 6. The molecule has 0 saturated carbocycles. The molecule has 0 spiro atoms. The van der Waals surface area contributed by atoms with E-state index >= 15 is 0 Å². The molecule has 1 saturated heterocycles. The van der Waals surface area contributed by atoms with Crippen LogP contribution >= 0.6 is 0 Å². The molecule has 0 unspecified atom stereocenters. The molecule has 152 valence electrons. The fourth-order valence-electron chi connectivity index (χ4n) is 3.45. The second-order valence-electron chi connectivity index (χ2n) is 7.23. The highest BCUT2D eigenvalue weighted by Crippen LogP contribution is 2.22. The van der Waals surface area contributed by atoms with E-state index in [2.05, 4.69) is 19.9 Å². The normalized spacial score (nSPS) is 15.6. The number of nitrogens with zero attached hydrogens (tertiary/aromatic N) is 6. The predicted octanol–water partition coefficient (Wildman–Crippen LogP) is 2.10. The van der Waals surface area contributed by atoms with Gasteiger partial charge in [0.25, 0.3) is 0 Å². The minimum Gasteiger partial charge on any atom is -0.354 e. The minimum absolute atomic E-state index is 0.348. The summed E-state index contributed by atoms with van der Waals surface area (Å²) < 4.78 is 29.3. The van der Waals surface area contributed by atoms with Crippen molar-refractivity contribution in [1.82, 2.24) is 23.8 Å². The van der Waals surface area contributed by atoms with Crippen LogP contribution in [0.1, 0.15) is 17.0 Å². The molecule has 0 aliphatic carbocycles. The van der Waals surface area contributed by atoms with Crippen molar-refractivity contribution in [1.29, 1.82) is 0 Å². The maximum atomic E-state index is 12.9. The maximum absolute atomic E-state index is 12.9. The fourth-order valence-corrected chi connectivity index (χ4v) is 4.98. The van der Waals surface area contributed by atoms with Crippen molar-refractivity contribution in [3.8, 4) is 5.82 Å². The Hall–Kier alpha value is -2.78. The van der Waals surface area contributed by atoms with Crippen molar-refractivity contribution in [2.75, 3.05) is 31.1 Å². The molecule has 0 amide bonds. The van der Waals surface area contributed by atoms with Gasteiger partial charge < -0.3 is 4.90 Å². The third kappa shape index (κ3) is 3.75. The van der Waals surface area contributed by atoms with Crippen LogP contribution < -0.4 is 4.90 Å². The van der Waals surface area contributed by atoms with Crippen molar-refractivity contribution in [3.63, 3.8) is 0 Å². The highest BCUT2D eigenvalue weighted by molar-refractivity contribution is 7.89. The van der Waals surface area contributed by atoms with Crippen molar-refractivity contribution in [2.45, 2.75) is 25.7 Å². The number of sulfonamides is 1. The smallest absolute Gasteiger partial charge is 0.243 e. The molecule has 1 aliphatic rings. The Morgan fingerprint density at radius 3 is 2.28 bits per heavy atom. The van der Waals surface area contributed by atoms with E-state index in [-0.39, 0.29) is 0 Å². The lowest BCUT2D eigenvalue weighted by Crippen LogP contribution is -2.49. The molecule has 1 aliphatic heterocycles. The number of hydrogen-bond donors (Lipinski definition) is 0. The Balaban J connectivity index is 1.50. The Kier molecular flexibility index (Phi) is 5.10. The molecule has 9 heteroatoms. The quantitative estimate of drug-likeness (QED) is 0.653. The minimum atomic E-state index is -3.48. The van der Waals surface area contributed by atoms with Gasteiger partial charge in [-0.1, -0.05) is 12.1 Å². The van der Waals surface area contributed by atoms with Gasteiger partial charge >= 0.3 is 0 Å². The molecular formula is C20H24N6O2S. The number of aromatic nitrogens is 4. The topological polar surface area (TPSA) is 84.2 Å². The molecule has 2 aromatic heterocycles. The van der Waals surface area contributed by atoms with E-state index < -0.39 is 10.0 Å². The molecule has 1 fully saturated rings. The largest absolute Gasteiger partial charge is 0.354 e. The summed E-state index contributed by atoms with van der Waals surface area (Å²) in [4.78, 5) is 15.5. The Labute approximate surface area is 170 Å². The van der Waals surface area contributed by atoms with Gasteiger partial charge in [0.1, 0.15) is 24.3 Å². The summed E-state index contributed by atoms with van der Waals surface area (Å²) in [6.45, 7) is 7.83. The van der Waals surface area contributed by atoms with Crippen LogP contribution in [-0.2, 0) is 10.0 Å². The van der Waals surface area contributed by atoms with Crippen molar-refractivity contribution >= 4 is 15.8 Å². The van der Waals surface area contributed by atoms with Crippen LogP contribution in [-0.4, -0.2) is 58.4 Å². The number of imidazole rings is 1. The number of piperazine rings is 1. The first-order valence-corrected chi connectivity index (χ1v) is 10.9. The zero-order valence-electron chi connectivity index (χ0n) is 16.8. The maximum Gasteiger partial charge on any atom is 0.243 e. The third-order valence-corrected chi connectivity index (χ3v) is 7.22. The highest BCUT2D eigenvalue weighted by Gasteiger charge is 2.29. The number of benzene rings is 1.